The van der Waals surface area contributed by atoms with Crippen LogP contribution in [-0.2, 0) is 0 Å². The maximum absolute atomic E-state index is 11.5. The molecule has 0 saturated carbocycles. The normalized spacial score (nSPS) is 11.4. The molecule has 23 heavy (non-hydrogen) atoms. The monoisotopic (exact) mass is 307 g/mol. The molecule has 4 aromatic heterocycles. The number of H-pyrrole nitrogens is 1. The summed E-state index contributed by atoms with van der Waals surface area (Å²) in [5, 5.41) is 5.21. The molecule has 4 rings (SSSR count). The highest BCUT2D eigenvalue weighted by Crippen LogP contribution is 2.26. The minimum absolute atomic E-state index is 0.336. The molecule has 8 nitrogen and oxygen atoms in total. The van der Waals surface area contributed by atoms with Crippen LogP contribution in [0.15, 0.2) is 24.4 Å². The molecule has 4 aromatic rings. The third-order valence-electron chi connectivity index (χ3n) is 3.78. The molecule has 0 fully saturated rings. The van der Waals surface area contributed by atoms with Crippen LogP contribution in [0.25, 0.3) is 28.2 Å². The van der Waals surface area contributed by atoms with E-state index in [9.17, 15) is 4.79 Å². The fourth-order valence-electron chi connectivity index (χ4n) is 2.69. The summed E-state index contributed by atoms with van der Waals surface area (Å²) in [4.78, 5) is 27.8. The first-order chi connectivity index (χ1) is 11.1. The minimum Gasteiger partial charge on any atom is -0.364 e. The number of aryl methyl sites for hydroxylation is 2. The van der Waals surface area contributed by atoms with Crippen LogP contribution in [0, 0.1) is 13.8 Å². The van der Waals surface area contributed by atoms with Gasteiger partial charge < -0.3 is 10.7 Å². The average Bonchev–Trinajstić information content (AvgIpc) is 3.10. The number of carbonyl (C=O) groups is 1. The van der Waals surface area contributed by atoms with Crippen LogP contribution in [-0.4, -0.2) is 35.5 Å². The van der Waals surface area contributed by atoms with Crippen LogP contribution in [0.3, 0.4) is 0 Å². The van der Waals surface area contributed by atoms with E-state index in [0.29, 0.717) is 39.9 Å². The highest BCUT2D eigenvalue weighted by Gasteiger charge is 2.20. The number of nitrogens with zero attached hydrogens (tertiary/aromatic N) is 5. The Morgan fingerprint density at radius 3 is 2.78 bits per heavy atom. The molecule has 4 heterocycles. The molecule has 0 aliphatic carbocycles. The summed E-state index contributed by atoms with van der Waals surface area (Å²) < 4.78 is 1.65. The molecule has 3 N–H and O–H groups in total. The van der Waals surface area contributed by atoms with Crippen molar-refractivity contribution in [3.8, 4) is 11.5 Å². The average molecular weight is 307 g/mol. The number of aromatic nitrogens is 6. The van der Waals surface area contributed by atoms with Gasteiger partial charge in [-0.2, -0.15) is 4.52 Å². The number of hydrogen-bond acceptors (Lipinski definition) is 5. The molecule has 0 spiro atoms. The fraction of sp³-hybridized carbons (Fsp3) is 0.133. The maximum atomic E-state index is 11.5. The van der Waals surface area contributed by atoms with Crippen LogP contribution in [0.1, 0.15) is 21.9 Å². The van der Waals surface area contributed by atoms with E-state index in [1.54, 1.807) is 10.7 Å². The van der Waals surface area contributed by atoms with E-state index in [1.807, 2.05) is 32.0 Å². The molecule has 1 amide bonds. The van der Waals surface area contributed by atoms with Gasteiger partial charge in [0, 0.05) is 6.20 Å². The topological polar surface area (TPSA) is 115 Å². The largest absolute Gasteiger partial charge is 0.364 e. The number of primary amides is 1. The molecule has 0 aliphatic heterocycles. The van der Waals surface area contributed by atoms with Crippen molar-refractivity contribution in [2.45, 2.75) is 13.8 Å². The van der Waals surface area contributed by atoms with Gasteiger partial charge in [-0.25, -0.2) is 9.97 Å². The van der Waals surface area contributed by atoms with Crippen molar-refractivity contribution >= 4 is 22.6 Å². The Morgan fingerprint density at radius 1 is 1.26 bits per heavy atom. The van der Waals surface area contributed by atoms with Crippen molar-refractivity contribution in [3.63, 3.8) is 0 Å². The zero-order valence-corrected chi connectivity index (χ0v) is 12.5. The Balaban J connectivity index is 2.09. The predicted molar refractivity (Wildman–Crippen MR) is 83.9 cm³/mol. The van der Waals surface area contributed by atoms with E-state index in [0.717, 1.165) is 5.39 Å². The lowest BCUT2D eigenvalue weighted by Gasteiger charge is -1.98. The van der Waals surface area contributed by atoms with E-state index in [4.69, 9.17) is 5.73 Å². The van der Waals surface area contributed by atoms with Gasteiger partial charge in [-0.1, -0.05) is 6.07 Å². The molecule has 0 saturated heterocycles. The molecule has 0 aliphatic rings. The molecule has 0 atom stereocenters. The quantitative estimate of drug-likeness (QED) is 0.580. The van der Waals surface area contributed by atoms with Crippen molar-refractivity contribution in [3.05, 3.63) is 41.5 Å². The van der Waals surface area contributed by atoms with E-state index in [-0.39, 0.29) is 0 Å². The van der Waals surface area contributed by atoms with Gasteiger partial charge in [-0.3, -0.25) is 9.78 Å². The lowest BCUT2D eigenvalue weighted by atomic mass is 10.2. The van der Waals surface area contributed by atoms with Gasteiger partial charge in [-0.15, -0.1) is 5.10 Å². The molecule has 0 radical (unpaired) electrons. The van der Waals surface area contributed by atoms with Crippen molar-refractivity contribution in [1.29, 1.82) is 0 Å². The van der Waals surface area contributed by atoms with Gasteiger partial charge >= 0.3 is 0 Å². The van der Waals surface area contributed by atoms with E-state index >= 15 is 0 Å². The number of hydrogen-bond donors (Lipinski definition) is 2. The number of fused-ring (bicyclic) bond motifs is 3. The number of aromatic amines is 1. The minimum atomic E-state index is -0.527. The summed E-state index contributed by atoms with van der Waals surface area (Å²) in [5.41, 5.74) is 8.32. The summed E-state index contributed by atoms with van der Waals surface area (Å²) in [7, 11) is 0. The highest BCUT2D eigenvalue weighted by molar-refractivity contribution is 6.03. The van der Waals surface area contributed by atoms with Gasteiger partial charge in [0.2, 0.25) is 5.82 Å². The Hall–Kier alpha value is -3.29. The summed E-state index contributed by atoms with van der Waals surface area (Å²) in [5.74, 6) is 0.629. The van der Waals surface area contributed by atoms with Crippen LogP contribution in [0.5, 0.6) is 0 Å². The van der Waals surface area contributed by atoms with Crippen molar-refractivity contribution in [2.24, 2.45) is 5.73 Å². The van der Waals surface area contributed by atoms with Gasteiger partial charge in [-0.05, 0) is 31.5 Å². The van der Waals surface area contributed by atoms with Gasteiger partial charge in [0.05, 0.1) is 5.39 Å². The Bertz CT molecular complexity index is 1060. The Kier molecular flexibility index (Phi) is 2.68. The van der Waals surface area contributed by atoms with Gasteiger partial charge in [0.25, 0.3) is 5.91 Å². The van der Waals surface area contributed by atoms with Gasteiger partial charge in [0.15, 0.2) is 5.65 Å². The number of carbonyl (C=O) groups excluding carboxylic acids is 1. The molecule has 0 aromatic carbocycles. The number of amides is 1. The van der Waals surface area contributed by atoms with Crippen LogP contribution >= 0.6 is 0 Å². The fourth-order valence-corrected chi connectivity index (χ4v) is 2.69. The smallest absolute Gasteiger partial charge is 0.265 e. The molecule has 0 unspecified atom stereocenters. The SMILES string of the molecule is Cc1c(C(N)=O)[nH]c2nc(C)n3nc(-c4ccccn4)nc3c12. The molecule has 114 valence electrons. The van der Waals surface area contributed by atoms with E-state index in [2.05, 4.69) is 25.0 Å². The predicted octanol–water partition coefficient (Wildman–Crippen LogP) is 1.38. The summed E-state index contributed by atoms with van der Waals surface area (Å²) >= 11 is 0. The molecule has 8 heteroatoms. The summed E-state index contributed by atoms with van der Waals surface area (Å²) in [6.45, 7) is 3.63. The maximum Gasteiger partial charge on any atom is 0.265 e. The Labute approximate surface area is 130 Å². The Morgan fingerprint density at radius 2 is 2.09 bits per heavy atom. The summed E-state index contributed by atoms with van der Waals surface area (Å²) in [6.07, 6.45) is 1.69. The zero-order valence-electron chi connectivity index (χ0n) is 12.5. The molecular weight excluding hydrogens is 294 g/mol. The van der Waals surface area contributed by atoms with Crippen molar-refractivity contribution in [2.75, 3.05) is 0 Å². The second-order valence-electron chi connectivity index (χ2n) is 5.26. The third kappa shape index (κ3) is 1.88. The highest BCUT2D eigenvalue weighted by atomic mass is 16.1. The van der Waals surface area contributed by atoms with E-state index < -0.39 is 5.91 Å². The lowest BCUT2D eigenvalue weighted by Crippen LogP contribution is -2.12. The van der Waals surface area contributed by atoms with Crippen LogP contribution < -0.4 is 5.73 Å². The lowest BCUT2D eigenvalue weighted by molar-refractivity contribution is 0.0996. The second kappa shape index (κ2) is 4.60. The number of rotatable bonds is 2. The molecular formula is C15H13N7O. The van der Waals surface area contributed by atoms with Crippen LogP contribution in [0.2, 0.25) is 0 Å². The number of pyridine rings is 1. The van der Waals surface area contributed by atoms with Crippen molar-refractivity contribution in [1.82, 2.24) is 29.5 Å². The van der Waals surface area contributed by atoms with Crippen molar-refractivity contribution < 1.29 is 4.79 Å². The third-order valence-corrected chi connectivity index (χ3v) is 3.78. The number of nitrogens with one attached hydrogen (secondary N) is 1. The number of nitrogens with two attached hydrogens (primary N) is 1. The summed E-state index contributed by atoms with van der Waals surface area (Å²) in [6, 6.07) is 5.55. The van der Waals surface area contributed by atoms with Gasteiger partial charge in [0.1, 0.15) is 22.9 Å². The zero-order chi connectivity index (χ0) is 16.1. The first-order valence-electron chi connectivity index (χ1n) is 7.03. The van der Waals surface area contributed by atoms with Crippen LogP contribution in [0.4, 0.5) is 0 Å². The first kappa shape index (κ1) is 13.4. The van der Waals surface area contributed by atoms with E-state index in [1.165, 1.54) is 0 Å². The first-order valence-corrected chi connectivity index (χ1v) is 7.03. The standard InChI is InChI=1S/C15H13N7O/c1-7-10-14(19-11(7)12(16)23)18-8(2)22-15(10)20-13(21-22)9-5-3-4-6-17-9/h3-6,19H,1-2H3,(H2,16,23). The molecule has 0 bridgehead atoms. The second-order valence-corrected chi connectivity index (χ2v) is 5.26.